The van der Waals surface area contributed by atoms with E-state index >= 15 is 0 Å². The predicted octanol–water partition coefficient (Wildman–Crippen LogP) is 4.20. The lowest BCUT2D eigenvalue weighted by Gasteiger charge is -2.22. The van der Waals surface area contributed by atoms with Crippen molar-refractivity contribution in [3.63, 3.8) is 0 Å². The highest BCUT2D eigenvalue weighted by atomic mass is 32.1. The van der Waals surface area contributed by atoms with Crippen LogP contribution in [-0.4, -0.2) is 12.1 Å². The Labute approximate surface area is 135 Å². The Hall–Kier alpha value is -1.39. The van der Waals surface area contributed by atoms with E-state index in [2.05, 4.69) is 34.7 Å². The topological polar surface area (TPSA) is 34.1 Å². The zero-order chi connectivity index (χ0) is 14.9. The first-order chi connectivity index (χ1) is 10.8. The molecule has 1 atom stereocenters. The van der Waals surface area contributed by atoms with Gasteiger partial charge in [0.1, 0.15) is 5.75 Å². The average molecular weight is 314 g/mol. The number of hydrogen-bond acceptors (Lipinski definition) is 4. The van der Waals surface area contributed by atoms with Crippen LogP contribution in [0.4, 0.5) is 0 Å². The zero-order valence-corrected chi connectivity index (χ0v) is 13.8. The SMILES string of the molecule is COc1cccc2c1CCC2NCc1cnc(C2CCC2)s1. The summed E-state index contributed by atoms with van der Waals surface area (Å²) in [6, 6.07) is 6.84. The molecule has 1 fully saturated rings. The first kappa shape index (κ1) is 14.2. The van der Waals surface area contributed by atoms with Crippen molar-refractivity contribution in [1.82, 2.24) is 10.3 Å². The quantitative estimate of drug-likeness (QED) is 0.898. The van der Waals surface area contributed by atoms with Crippen LogP contribution in [0.2, 0.25) is 0 Å². The van der Waals surface area contributed by atoms with Crippen LogP contribution < -0.4 is 10.1 Å². The average Bonchev–Trinajstić information content (AvgIpc) is 3.10. The van der Waals surface area contributed by atoms with Crippen molar-refractivity contribution >= 4 is 11.3 Å². The number of thiazole rings is 1. The van der Waals surface area contributed by atoms with Crippen molar-refractivity contribution in [3.8, 4) is 5.75 Å². The molecule has 0 spiro atoms. The molecule has 4 rings (SSSR count). The number of ether oxygens (including phenoxy) is 1. The Kier molecular flexibility index (Phi) is 3.89. The number of nitrogens with zero attached hydrogens (tertiary/aromatic N) is 1. The minimum absolute atomic E-state index is 0.444. The highest BCUT2D eigenvalue weighted by molar-refractivity contribution is 7.11. The summed E-state index contributed by atoms with van der Waals surface area (Å²) in [6.07, 6.45) is 8.36. The molecule has 0 bridgehead atoms. The molecular weight excluding hydrogens is 292 g/mol. The molecule has 2 aromatic rings. The number of benzene rings is 1. The maximum atomic E-state index is 5.48. The van der Waals surface area contributed by atoms with E-state index in [0.717, 1.165) is 31.1 Å². The highest BCUT2D eigenvalue weighted by Gasteiger charge is 2.25. The van der Waals surface area contributed by atoms with Crippen LogP contribution in [0.3, 0.4) is 0 Å². The van der Waals surface area contributed by atoms with E-state index in [0.29, 0.717) is 6.04 Å². The molecule has 4 heteroatoms. The van der Waals surface area contributed by atoms with E-state index in [-0.39, 0.29) is 0 Å². The molecule has 1 N–H and O–H groups in total. The van der Waals surface area contributed by atoms with E-state index in [1.165, 1.54) is 40.3 Å². The second-order valence-corrected chi connectivity index (χ2v) is 7.44. The lowest BCUT2D eigenvalue weighted by atomic mass is 9.86. The molecule has 1 saturated carbocycles. The predicted molar refractivity (Wildman–Crippen MR) is 89.6 cm³/mol. The fourth-order valence-electron chi connectivity index (χ4n) is 3.50. The van der Waals surface area contributed by atoms with Crippen molar-refractivity contribution in [2.45, 2.75) is 50.6 Å². The van der Waals surface area contributed by atoms with Crippen molar-refractivity contribution in [1.29, 1.82) is 0 Å². The summed E-state index contributed by atoms with van der Waals surface area (Å²) in [5.41, 5.74) is 2.78. The van der Waals surface area contributed by atoms with Gasteiger partial charge in [-0.3, -0.25) is 0 Å². The minimum Gasteiger partial charge on any atom is -0.496 e. The fourth-order valence-corrected chi connectivity index (χ4v) is 4.53. The maximum Gasteiger partial charge on any atom is 0.122 e. The lowest BCUT2D eigenvalue weighted by molar-refractivity contribution is 0.410. The normalized spacial score (nSPS) is 20.7. The zero-order valence-electron chi connectivity index (χ0n) is 13.0. The molecule has 1 aromatic carbocycles. The molecule has 1 heterocycles. The standard InChI is InChI=1S/C18H22N2OS/c1-21-17-7-3-6-14-15(17)8-9-16(14)19-10-13-11-20-18(22-13)12-4-2-5-12/h3,6-7,11-12,16,19H,2,4-5,8-10H2,1H3. The number of aromatic nitrogens is 1. The molecule has 0 amide bonds. The largest absolute Gasteiger partial charge is 0.496 e. The second kappa shape index (κ2) is 6.01. The van der Waals surface area contributed by atoms with Gasteiger partial charge < -0.3 is 10.1 Å². The van der Waals surface area contributed by atoms with Gasteiger partial charge in [0.15, 0.2) is 0 Å². The van der Waals surface area contributed by atoms with Gasteiger partial charge in [0.2, 0.25) is 0 Å². The number of nitrogens with one attached hydrogen (secondary N) is 1. The molecule has 22 heavy (non-hydrogen) atoms. The molecule has 0 aliphatic heterocycles. The first-order valence-corrected chi connectivity index (χ1v) is 9.00. The summed E-state index contributed by atoms with van der Waals surface area (Å²) < 4.78 is 5.48. The Morgan fingerprint density at radius 3 is 3.00 bits per heavy atom. The van der Waals surface area contributed by atoms with Gasteiger partial charge in [-0.25, -0.2) is 4.98 Å². The van der Waals surface area contributed by atoms with E-state index in [1.807, 2.05) is 11.3 Å². The summed E-state index contributed by atoms with van der Waals surface area (Å²) in [5, 5.41) is 5.05. The molecule has 3 nitrogen and oxygen atoms in total. The number of rotatable bonds is 5. The number of hydrogen-bond donors (Lipinski definition) is 1. The summed E-state index contributed by atoms with van der Waals surface area (Å²) in [4.78, 5) is 5.97. The van der Waals surface area contributed by atoms with Crippen LogP contribution in [0.15, 0.2) is 24.4 Å². The third kappa shape index (κ3) is 2.55. The molecule has 1 aromatic heterocycles. The van der Waals surface area contributed by atoms with Gasteiger partial charge in [-0.05, 0) is 42.9 Å². The molecule has 1 unspecified atom stereocenters. The number of methoxy groups -OCH3 is 1. The minimum atomic E-state index is 0.444. The fraction of sp³-hybridized carbons (Fsp3) is 0.500. The van der Waals surface area contributed by atoms with Crippen molar-refractivity contribution in [2.24, 2.45) is 0 Å². The monoisotopic (exact) mass is 314 g/mol. The smallest absolute Gasteiger partial charge is 0.122 e. The number of fused-ring (bicyclic) bond motifs is 1. The van der Waals surface area contributed by atoms with Crippen molar-refractivity contribution < 1.29 is 4.74 Å². The van der Waals surface area contributed by atoms with Gasteiger partial charge in [-0.15, -0.1) is 11.3 Å². The van der Waals surface area contributed by atoms with Gasteiger partial charge in [-0.1, -0.05) is 18.6 Å². The van der Waals surface area contributed by atoms with Crippen LogP contribution in [0.1, 0.15) is 58.7 Å². The van der Waals surface area contributed by atoms with Gasteiger partial charge >= 0.3 is 0 Å². The highest BCUT2D eigenvalue weighted by Crippen LogP contribution is 2.39. The Morgan fingerprint density at radius 2 is 2.23 bits per heavy atom. The van der Waals surface area contributed by atoms with Crippen LogP contribution in [0.25, 0.3) is 0 Å². The van der Waals surface area contributed by atoms with Gasteiger partial charge in [-0.2, -0.15) is 0 Å². The molecule has 2 aliphatic rings. The van der Waals surface area contributed by atoms with Crippen LogP contribution in [-0.2, 0) is 13.0 Å². The molecule has 2 aliphatic carbocycles. The van der Waals surface area contributed by atoms with Crippen LogP contribution in [0, 0.1) is 0 Å². The summed E-state index contributed by atoms with van der Waals surface area (Å²) in [5.74, 6) is 1.78. The lowest BCUT2D eigenvalue weighted by Crippen LogP contribution is -2.18. The van der Waals surface area contributed by atoms with Crippen LogP contribution in [0.5, 0.6) is 5.75 Å². The van der Waals surface area contributed by atoms with Crippen molar-refractivity contribution in [3.05, 3.63) is 45.4 Å². The summed E-state index contributed by atoms with van der Waals surface area (Å²) in [7, 11) is 1.76. The van der Waals surface area contributed by atoms with Gasteiger partial charge in [0.05, 0.1) is 12.1 Å². The Bertz CT molecular complexity index is 663. The van der Waals surface area contributed by atoms with E-state index in [1.54, 1.807) is 7.11 Å². The molecule has 116 valence electrons. The van der Waals surface area contributed by atoms with E-state index in [4.69, 9.17) is 4.74 Å². The van der Waals surface area contributed by atoms with Gasteiger partial charge in [0, 0.05) is 29.6 Å². The molecule has 0 radical (unpaired) electrons. The second-order valence-electron chi connectivity index (χ2n) is 6.29. The first-order valence-electron chi connectivity index (χ1n) is 8.19. The Morgan fingerprint density at radius 1 is 1.32 bits per heavy atom. The van der Waals surface area contributed by atoms with Crippen molar-refractivity contribution in [2.75, 3.05) is 7.11 Å². The van der Waals surface area contributed by atoms with E-state index < -0.39 is 0 Å². The maximum absolute atomic E-state index is 5.48. The third-order valence-electron chi connectivity index (χ3n) is 5.00. The van der Waals surface area contributed by atoms with Crippen LogP contribution >= 0.6 is 11.3 Å². The Balaban J connectivity index is 1.42. The molecular formula is C18H22N2OS. The summed E-state index contributed by atoms with van der Waals surface area (Å²) >= 11 is 1.89. The summed E-state index contributed by atoms with van der Waals surface area (Å²) in [6.45, 7) is 0.922. The molecule has 0 saturated heterocycles. The van der Waals surface area contributed by atoms with E-state index in [9.17, 15) is 0 Å². The van der Waals surface area contributed by atoms with Gasteiger partial charge in [0.25, 0.3) is 0 Å². The third-order valence-corrected chi connectivity index (χ3v) is 6.16.